The molecule has 0 radical (unpaired) electrons. The van der Waals surface area contributed by atoms with E-state index in [4.69, 9.17) is 0 Å². The van der Waals surface area contributed by atoms with E-state index in [2.05, 4.69) is 10.1 Å². The van der Waals surface area contributed by atoms with Crippen LogP contribution in [0.1, 0.15) is 18.1 Å². The molecule has 0 saturated heterocycles. The molecule has 142 valence electrons. The van der Waals surface area contributed by atoms with Crippen LogP contribution in [0, 0.1) is 13.8 Å². The van der Waals surface area contributed by atoms with Gasteiger partial charge in [-0.15, -0.1) is 0 Å². The van der Waals surface area contributed by atoms with Crippen LogP contribution in [0.5, 0.6) is 0 Å². The Balaban J connectivity index is 1.72. The van der Waals surface area contributed by atoms with Gasteiger partial charge in [0.15, 0.2) is 0 Å². The molecule has 4 rings (SSSR count). The van der Waals surface area contributed by atoms with Crippen molar-refractivity contribution in [1.82, 2.24) is 14.8 Å². The van der Waals surface area contributed by atoms with Gasteiger partial charge in [-0.05, 0) is 44.5 Å². The number of nitrogens with zero attached hydrogens (tertiary/aromatic N) is 3. The SMILES string of the molecule is CCN(C(=O)Cn1ncc2c([nH]c3ccc(C)cc32)c1=O)c1ccccc1C. The Hall–Kier alpha value is -3.41. The maximum absolute atomic E-state index is 12.9. The number of para-hydroxylation sites is 1. The average molecular weight is 374 g/mol. The molecule has 1 N–H and O–H groups in total. The van der Waals surface area contributed by atoms with Crippen molar-refractivity contribution in [2.24, 2.45) is 0 Å². The first-order chi connectivity index (χ1) is 13.5. The lowest BCUT2D eigenvalue weighted by Crippen LogP contribution is -2.37. The summed E-state index contributed by atoms with van der Waals surface area (Å²) in [5.74, 6) is -0.169. The molecule has 1 amide bonds. The average Bonchev–Trinajstić information content (AvgIpc) is 3.05. The molecular weight excluding hydrogens is 352 g/mol. The number of aromatic amines is 1. The summed E-state index contributed by atoms with van der Waals surface area (Å²) in [4.78, 5) is 30.7. The van der Waals surface area contributed by atoms with Gasteiger partial charge in [0.25, 0.3) is 5.56 Å². The van der Waals surface area contributed by atoms with Crippen LogP contribution in [-0.4, -0.2) is 27.2 Å². The second-order valence-electron chi connectivity index (χ2n) is 6.99. The second-order valence-corrected chi connectivity index (χ2v) is 6.99. The van der Waals surface area contributed by atoms with Crippen LogP contribution < -0.4 is 10.5 Å². The van der Waals surface area contributed by atoms with E-state index in [0.29, 0.717) is 12.1 Å². The van der Waals surface area contributed by atoms with Crippen LogP contribution in [0.3, 0.4) is 0 Å². The van der Waals surface area contributed by atoms with Gasteiger partial charge < -0.3 is 9.88 Å². The molecule has 0 aliphatic heterocycles. The number of benzene rings is 2. The number of H-pyrrole nitrogens is 1. The highest BCUT2D eigenvalue weighted by atomic mass is 16.2. The molecule has 0 bridgehead atoms. The van der Waals surface area contributed by atoms with Gasteiger partial charge in [-0.25, -0.2) is 4.68 Å². The Bertz CT molecular complexity index is 1250. The maximum Gasteiger partial charge on any atom is 0.291 e. The fourth-order valence-electron chi connectivity index (χ4n) is 3.61. The molecule has 6 nitrogen and oxygen atoms in total. The molecule has 0 saturated carbocycles. The molecule has 4 aromatic rings. The highest BCUT2D eigenvalue weighted by molar-refractivity contribution is 6.06. The molecule has 6 heteroatoms. The summed E-state index contributed by atoms with van der Waals surface area (Å²) in [6.45, 7) is 6.31. The Morgan fingerprint density at radius 2 is 1.93 bits per heavy atom. The Morgan fingerprint density at radius 1 is 1.14 bits per heavy atom. The van der Waals surface area contributed by atoms with Crippen molar-refractivity contribution in [1.29, 1.82) is 0 Å². The van der Waals surface area contributed by atoms with E-state index in [1.807, 2.05) is 63.2 Å². The number of rotatable bonds is 4. The van der Waals surface area contributed by atoms with E-state index in [-0.39, 0.29) is 18.0 Å². The summed E-state index contributed by atoms with van der Waals surface area (Å²) in [5, 5.41) is 6.01. The number of hydrogen-bond acceptors (Lipinski definition) is 3. The molecule has 28 heavy (non-hydrogen) atoms. The lowest BCUT2D eigenvalue weighted by Gasteiger charge is -2.23. The first kappa shape index (κ1) is 18.0. The molecule has 0 unspecified atom stereocenters. The number of carbonyl (C=O) groups excluding carboxylic acids is 1. The molecule has 2 aromatic carbocycles. The zero-order valence-electron chi connectivity index (χ0n) is 16.2. The van der Waals surface area contributed by atoms with Gasteiger partial charge in [-0.1, -0.05) is 29.8 Å². The molecule has 0 aliphatic carbocycles. The summed E-state index contributed by atoms with van der Waals surface area (Å²) in [6.07, 6.45) is 1.66. The predicted molar refractivity (Wildman–Crippen MR) is 112 cm³/mol. The van der Waals surface area contributed by atoms with Crippen LogP contribution in [0.4, 0.5) is 5.69 Å². The lowest BCUT2D eigenvalue weighted by molar-refractivity contribution is -0.119. The van der Waals surface area contributed by atoms with Gasteiger partial charge in [-0.2, -0.15) is 5.10 Å². The molecular formula is C22H22N4O2. The minimum Gasteiger partial charge on any atom is -0.350 e. The first-order valence-corrected chi connectivity index (χ1v) is 9.33. The second kappa shape index (κ2) is 6.96. The van der Waals surface area contributed by atoms with E-state index >= 15 is 0 Å². The van der Waals surface area contributed by atoms with Crippen LogP contribution in [-0.2, 0) is 11.3 Å². The quantitative estimate of drug-likeness (QED) is 0.594. The molecule has 0 aliphatic rings. The van der Waals surface area contributed by atoms with Crippen LogP contribution in [0.25, 0.3) is 21.8 Å². The number of likely N-dealkylation sites (N-methyl/N-ethyl adjacent to an activating group) is 1. The summed E-state index contributed by atoms with van der Waals surface area (Å²) in [6, 6.07) is 13.7. The van der Waals surface area contributed by atoms with E-state index in [1.54, 1.807) is 11.1 Å². The van der Waals surface area contributed by atoms with Crippen molar-refractivity contribution in [3.8, 4) is 0 Å². The van der Waals surface area contributed by atoms with Crippen molar-refractivity contribution in [2.75, 3.05) is 11.4 Å². The number of carbonyl (C=O) groups is 1. The Labute approximate surface area is 162 Å². The molecule has 2 aromatic heterocycles. The van der Waals surface area contributed by atoms with Gasteiger partial charge in [0.2, 0.25) is 5.91 Å². The fraction of sp³-hybridized carbons (Fsp3) is 0.227. The third-order valence-corrected chi connectivity index (χ3v) is 5.08. The van der Waals surface area contributed by atoms with Crippen molar-refractivity contribution in [3.63, 3.8) is 0 Å². The van der Waals surface area contributed by atoms with Crippen LogP contribution >= 0.6 is 0 Å². The number of anilines is 1. The standard InChI is InChI=1S/C22H22N4O2/c1-4-25(19-8-6-5-7-15(19)3)20(27)13-26-22(28)21-17(12-23-26)16-11-14(2)9-10-18(16)24-21/h5-12,24H,4,13H2,1-3H3. The Morgan fingerprint density at radius 3 is 2.68 bits per heavy atom. The summed E-state index contributed by atoms with van der Waals surface area (Å²) >= 11 is 0. The summed E-state index contributed by atoms with van der Waals surface area (Å²) < 4.78 is 1.23. The van der Waals surface area contributed by atoms with Crippen molar-refractivity contribution < 1.29 is 4.79 Å². The zero-order chi connectivity index (χ0) is 19.8. The zero-order valence-corrected chi connectivity index (χ0v) is 16.2. The normalized spacial score (nSPS) is 11.2. The smallest absolute Gasteiger partial charge is 0.291 e. The fourth-order valence-corrected chi connectivity index (χ4v) is 3.61. The topological polar surface area (TPSA) is 71.0 Å². The number of aromatic nitrogens is 3. The van der Waals surface area contributed by atoms with Gasteiger partial charge in [-0.3, -0.25) is 9.59 Å². The summed E-state index contributed by atoms with van der Waals surface area (Å²) in [7, 11) is 0. The molecule has 0 spiro atoms. The van der Waals surface area contributed by atoms with Crippen LogP contribution in [0.15, 0.2) is 53.5 Å². The highest BCUT2D eigenvalue weighted by Gasteiger charge is 2.18. The van der Waals surface area contributed by atoms with Gasteiger partial charge >= 0.3 is 0 Å². The number of aryl methyl sites for hydroxylation is 2. The molecule has 2 heterocycles. The van der Waals surface area contributed by atoms with E-state index in [1.165, 1.54) is 4.68 Å². The largest absolute Gasteiger partial charge is 0.350 e. The van der Waals surface area contributed by atoms with Crippen molar-refractivity contribution in [3.05, 3.63) is 70.1 Å². The van der Waals surface area contributed by atoms with Gasteiger partial charge in [0.05, 0.1) is 6.20 Å². The van der Waals surface area contributed by atoms with E-state index < -0.39 is 0 Å². The lowest BCUT2D eigenvalue weighted by atomic mass is 10.1. The van der Waals surface area contributed by atoms with E-state index in [0.717, 1.165) is 33.1 Å². The third-order valence-electron chi connectivity index (χ3n) is 5.08. The number of hydrogen-bond donors (Lipinski definition) is 1. The minimum absolute atomic E-state index is 0.106. The summed E-state index contributed by atoms with van der Waals surface area (Å²) in [5.41, 5.74) is 4.05. The Kier molecular flexibility index (Phi) is 4.47. The number of nitrogens with one attached hydrogen (secondary N) is 1. The molecule has 0 fully saturated rings. The third kappa shape index (κ3) is 2.97. The van der Waals surface area contributed by atoms with Crippen molar-refractivity contribution in [2.45, 2.75) is 27.3 Å². The van der Waals surface area contributed by atoms with Crippen molar-refractivity contribution >= 4 is 33.4 Å². The van der Waals surface area contributed by atoms with Gasteiger partial charge in [0.1, 0.15) is 12.1 Å². The monoisotopic (exact) mass is 374 g/mol. The van der Waals surface area contributed by atoms with Crippen LogP contribution in [0.2, 0.25) is 0 Å². The minimum atomic E-state index is -0.291. The maximum atomic E-state index is 12.9. The highest BCUT2D eigenvalue weighted by Crippen LogP contribution is 2.23. The van der Waals surface area contributed by atoms with Gasteiger partial charge in [0, 0.05) is 28.5 Å². The molecule has 0 atom stereocenters. The number of fused-ring (bicyclic) bond motifs is 3. The predicted octanol–water partition coefficient (Wildman–Crippen LogP) is 3.55. The van der Waals surface area contributed by atoms with E-state index in [9.17, 15) is 9.59 Å². The first-order valence-electron chi connectivity index (χ1n) is 9.33. The number of amides is 1.